The summed E-state index contributed by atoms with van der Waals surface area (Å²) in [4.78, 5) is 79.8. The van der Waals surface area contributed by atoms with E-state index in [-0.39, 0.29) is 42.2 Å². The summed E-state index contributed by atoms with van der Waals surface area (Å²) in [6.07, 6.45) is 13.6. The van der Waals surface area contributed by atoms with E-state index in [9.17, 15) is 28.8 Å². The van der Waals surface area contributed by atoms with Crippen LogP contribution in [0.1, 0.15) is 117 Å². The number of urea groups is 1. The van der Waals surface area contributed by atoms with Gasteiger partial charge in [-0.1, -0.05) is 71.6 Å². The van der Waals surface area contributed by atoms with Crippen LogP contribution in [0.2, 0.25) is 0 Å². The molecule has 1 unspecified atom stereocenters. The molecule has 0 aromatic carbocycles. The number of primary amides is 1. The molecule has 46 heavy (non-hydrogen) atoms. The van der Waals surface area contributed by atoms with Crippen LogP contribution in [0.4, 0.5) is 4.79 Å². The summed E-state index contributed by atoms with van der Waals surface area (Å²) in [5.74, 6) is -0.798. The van der Waals surface area contributed by atoms with Gasteiger partial charge in [0.2, 0.25) is 17.6 Å². The van der Waals surface area contributed by atoms with Crippen LogP contribution in [0.5, 0.6) is 0 Å². The molecule has 3 saturated carbocycles. The molecule has 3 aliphatic carbocycles. The summed E-state index contributed by atoms with van der Waals surface area (Å²) in [6, 6.07) is -3.48. The Labute approximate surface area is 278 Å². The van der Waals surface area contributed by atoms with Gasteiger partial charge in [0.1, 0.15) is 12.1 Å². The molecule has 1 aliphatic heterocycles. The first-order valence-electron chi connectivity index (χ1n) is 17.6. The molecule has 4 fully saturated rings. The van der Waals surface area contributed by atoms with Crippen LogP contribution in [0.3, 0.4) is 0 Å². The molecule has 0 radical (unpaired) electrons. The first-order chi connectivity index (χ1) is 22.0. The summed E-state index contributed by atoms with van der Waals surface area (Å²) in [5, 5.41) is 8.97. The average molecular weight is 662 g/mol. The number of nitrogens with two attached hydrogens (primary N) is 1. The molecular formula is C34H55N5O6S. The quantitative estimate of drug-likeness (QED) is 0.154. The molecule has 1 saturated heterocycles. The number of thioether (sulfide) groups is 1. The predicted octanol–water partition coefficient (Wildman–Crippen LogP) is 3.62. The first kappa shape index (κ1) is 36.2. The summed E-state index contributed by atoms with van der Waals surface area (Å²) in [7, 11) is 0. The lowest BCUT2D eigenvalue weighted by atomic mass is 9.80. The highest BCUT2D eigenvalue weighted by molar-refractivity contribution is 7.99. The molecule has 258 valence electrons. The molecule has 0 aromatic heterocycles. The van der Waals surface area contributed by atoms with E-state index in [1.807, 2.05) is 11.8 Å². The average Bonchev–Trinajstić information content (AvgIpc) is 3.41. The number of likely N-dealkylation sites (tertiary alicyclic amines) is 1. The molecule has 0 spiro atoms. The highest BCUT2D eigenvalue weighted by Crippen LogP contribution is 2.33. The molecule has 0 aromatic rings. The highest BCUT2D eigenvalue weighted by Gasteiger charge is 2.45. The fourth-order valence-corrected chi connectivity index (χ4v) is 8.99. The molecule has 3 atom stereocenters. The number of amides is 5. The predicted molar refractivity (Wildman–Crippen MR) is 178 cm³/mol. The van der Waals surface area contributed by atoms with Crippen LogP contribution >= 0.6 is 11.8 Å². The van der Waals surface area contributed by atoms with Crippen molar-refractivity contribution in [3.63, 3.8) is 0 Å². The van der Waals surface area contributed by atoms with Crippen LogP contribution in [0.25, 0.3) is 0 Å². The van der Waals surface area contributed by atoms with Gasteiger partial charge in [-0.25, -0.2) is 4.79 Å². The van der Waals surface area contributed by atoms with Gasteiger partial charge in [0.05, 0.1) is 18.1 Å². The zero-order valence-electron chi connectivity index (χ0n) is 27.8. The van der Waals surface area contributed by atoms with E-state index in [0.717, 1.165) is 101 Å². The highest BCUT2D eigenvalue weighted by atomic mass is 32.2. The third kappa shape index (κ3) is 9.94. The second-order valence-electron chi connectivity index (χ2n) is 14.6. The van der Waals surface area contributed by atoms with Gasteiger partial charge in [0.25, 0.3) is 5.91 Å². The van der Waals surface area contributed by atoms with Crippen LogP contribution in [0.15, 0.2) is 0 Å². The van der Waals surface area contributed by atoms with E-state index in [1.165, 1.54) is 4.90 Å². The second kappa shape index (κ2) is 17.0. The van der Waals surface area contributed by atoms with Crippen LogP contribution in [-0.4, -0.2) is 81.9 Å². The van der Waals surface area contributed by atoms with E-state index in [1.54, 1.807) is 0 Å². The number of hydrogen-bond donors (Lipinski definition) is 4. The molecule has 5 amide bonds. The first-order valence-corrected chi connectivity index (χ1v) is 18.8. The Balaban J connectivity index is 1.48. The minimum absolute atomic E-state index is 0.114. The summed E-state index contributed by atoms with van der Waals surface area (Å²) in [6.45, 7) is 4.18. The van der Waals surface area contributed by atoms with Gasteiger partial charge < -0.3 is 26.6 Å². The molecule has 0 bridgehead atoms. The Kier molecular flexibility index (Phi) is 13.4. The summed E-state index contributed by atoms with van der Waals surface area (Å²) < 4.78 is 0. The molecule has 4 rings (SSSR count). The third-order valence-corrected chi connectivity index (χ3v) is 11.8. The van der Waals surface area contributed by atoms with Crippen LogP contribution < -0.4 is 21.7 Å². The number of carbonyl (C=O) groups excluding carboxylic acids is 6. The maximum absolute atomic E-state index is 14.3. The second-order valence-corrected chi connectivity index (χ2v) is 15.7. The lowest BCUT2D eigenvalue weighted by Gasteiger charge is -2.39. The lowest BCUT2D eigenvalue weighted by Crippen LogP contribution is -2.61. The molecule has 11 nitrogen and oxygen atoms in total. The topological polar surface area (TPSA) is 168 Å². The normalized spacial score (nSPS) is 23.3. The van der Waals surface area contributed by atoms with Crippen molar-refractivity contribution >= 4 is 47.1 Å². The van der Waals surface area contributed by atoms with Crippen molar-refractivity contribution < 1.29 is 28.8 Å². The number of ketones is 2. The van der Waals surface area contributed by atoms with Crippen molar-refractivity contribution in [2.75, 3.05) is 18.1 Å². The van der Waals surface area contributed by atoms with E-state index >= 15 is 0 Å². The SMILES string of the molecule is CC(C)CCSCC1(NC(=O)N[C@H](C(=O)N2CC(=O)C[C@H]2C(=O)NC(CC2CCC2)C(=O)C(N)=O)C2CCCCC2)CCCCC1. The molecular weight excluding hydrogens is 606 g/mol. The van der Waals surface area contributed by atoms with Gasteiger partial charge in [0, 0.05) is 12.2 Å². The molecule has 4 aliphatic rings. The number of Topliss-reactive ketones (excluding diaryl/α,β-unsaturated/α-hetero) is 2. The van der Waals surface area contributed by atoms with Gasteiger partial charge >= 0.3 is 6.03 Å². The van der Waals surface area contributed by atoms with Crippen molar-refractivity contribution in [2.24, 2.45) is 23.5 Å². The molecule has 12 heteroatoms. The maximum atomic E-state index is 14.3. The number of rotatable bonds is 15. The monoisotopic (exact) mass is 661 g/mol. The van der Waals surface area contributed by atoms with E-state index in [0.29, 0.717) is 12.3 Å². The van der Waals surface area contributed by atoms with Crippen LogP contribution in [-0.2, 0) is 24.0 Å². The van der Waals surface area contributed by atoms with Crippen LogP contribution in [0, 0.1) is 17.8 Å². The number of nitrogens with zero attached hydrogens (tertiary/aromatic N) is 1. The van der Waals surface area contributed by atoms with Gasteiger partial charge in [-0.3, -0.25) is 24.0 Å². The van der Waals surface area contributed by atoms with Crippen molar-refractivity contribution in [1.29, 1.82) is 0 Å². The fourth-order valence-electron chi connectivity index (χ4n) is 7.46. The van der Waals surface area contributed by atoms with Crippen molar-refractivity contribution in [1.82, 2.24) is 20.9 Å². The van der Waals surface area contributed by atoms with Crippen molar-refractivity contribution in [3.05, 3.63) is 0 Å². The van der Waals surface area contributed by atoms with E-state index < -0.39 is 41.6 Å². The summed E-state index contributed by atoms with van der Waals surface area (Å²) >= 11 is 1.87. The Morgan fingerprint density at radius 2 is 1.61 bits per heavy atom. The molecule has 1 heterocycles. The Morgan fingerprint density at radius 1 is 0.935 bits per heavy atom. The van der Waals surface area contributed by atoms with E-state index in [2.05, 4.69) is 29.8 Å². The number of hydrogen-bond acceptors (Lipinski definition) is 7. The lowest BCUT2D eigenvalue weighted by molar-refractivity contribution is -0.143. The Hall–Kier alpha value is -2.63. The van der Waals surface area contributed by atoms with Gasteiger partial charge in [-0.2, -0.15) is 11.8 Å². The molecule has 5 N–H and O–H groups in total. The maximum Gasteiger partial charge on any atom is 0.315 e. The van der Waals surface area contributed by atoms with E-state index in [4.69, 9.17) is 5.73 Å². The Morgan fingerprint density at radius 3 is 2.22 bits per heavy atom. The van der Waals surface area contributed by atoms with Crippen molar-refractivity contribution in [3.8, 4) is 0 Å². The van der Waals surface area contributed by atoms with Crippen molar-refractivity contribution in [2.45, 2.75) is 140 Å². The van der Waals surface area contributed by atoms with Gasteiger partial charge in [0.15, 0.2) is 5.78 Å². The third-order valence-electron chi connectivity index (χ3n) is 10.5. The smallest absolute Gasteiger partial charge is 0.315 e. The fraction of sp³-hybridized carbons (Fsp3) is 0.824. The summed E-state index contributed by atoms with van der Waals surface area (Å²) in [5.41, 5.74) is 4.95. The minimum Gasteiger partial charge on any atom is -0.363 e. The standard InChI is InChI=1S/C34H55N5O6S/c1-22(2)14-17-46-21-34(15-7-4-8-16-34)38-33(45)37-28(24-12-5-3-6-13-24)32(44)39-20-25(40)19-27(39)31(43)36-26(29(41)30(35)42)18-23-10-9-11-23/h22-24,26-28H,3-21H2,1-2H3,(H2,35,42)(H,36,43)(H2,37,38,45)/t26?,27-,28-/m0/s1. The van der Waals surface area contributed by atoms with Gasteiger partial charge in [-0.15, -0.1) is 0 Å². The van der Waals surface area contributed by atoms with Gasteiger partial charge in [-0.05, 0) is 62.0 Å². The number of nitrogens with one attached hydrogen (secondary N) is 3. The zero-order valence-corrected chi connectivity index (χ0v) is 28.6. The number of carbonyl (C=O) groups is 6. The minimum atomic E-state index is -1.12. The zero-order chi connectivity index (χ0) is 33.3. The Bertz CT molecular complexity index is 1120. The largest absolute Gasteiger partial charge is 0.363 e.